The number of nitrogens with zero attached hydrogens (tertiary/aromatic N) is 3. The fraction of sp³-hybridized carbons (Fsp3) is 0.250. The number of rotatable bonds is 2. The van der Waals surface area contributed by atoms with Gasteiger partial charge in [-0.05, 0) is 36.2 Å². The van der Waals surface area contributed by atoms with Crippen LogP contribution in [0.2, 0.25) is 5.02 Å². The van der Waals surface area contributed by atoms with E-state index in [4.69, 9.17) is 11.6 Å². The summed E-state index contributed by atoms with van der Waals surface area (Å²) in [4.78, 5) is 32.1. The minimum Gasteiger partial charge on any atom is -0.329 e. The van der Waals surface area contributed by atoms with Crippen LogP contribution in [0.1, 0.15) is 27.5 Å². The third kappa shape index (κ3) is 3.34. The first-order valence-corrected chi connectivity index (χ1v) is 9.17. The second-order valence-electron chi connectivity index (χ2n) is 6.69. The summed E-state index contributed by atoms with van der Waals surface area (Å²) in [5.74, 6) is -0.310. The molecule has 4 rings (SSSR count). The molecule has 3 heterocycles. The monoisotopic (exact) mass is 382 g/mol. The van der Waals surface area contributed by atoms with E-state index in [1.807, 2.05) is 31.2 Å². The minimum atomic E-state index is -0.350. The molecule has 0 radical (unpaired) electrons. The predicted molar refractivity (Wildman–Crippen MR) is 104 cm³/mol. The molecule has 1 saturated heterocycles. The number of fused-ring (bicyclic) bond motifs is 1. The fourth-order valence-electron chi connectivity index (χ4n) is 3.44. The lowest BCUT2D eigenvalue weighted by atomic mass is 10.0. The molecule has 1 atom stereocenters. The molecule has 1 aromatic carbocycles. The summed E-state index contributed by atoms with van der Waals surface area (Å²) in [6, 6.07) is 10.9. The van der Waals surface area contributed by atoms with Gasteiger partial charge in [0.15, 0.2) is 0 Å². The molecule has 1 N–H and O–H groups in total. The van der Waals surface area contributed by atoms with Gasteiger partial charge in [0.2, 0.25) is 0 Å². The largest absolute Gasteiger partial charge is 0.329 e. The smallest absolute Gasteiger partial charge is 0.270 e. The summed E-state index contributed by atoms with van der Waals surface area (Å²) in [6.07, 6.45) is 3.08. The normalized spacial score (nSPS) is 17.3. The zero-order chi connectivity index (χ0) is 19.0. The summed E-state index contributed by atoms with van der Waals surface area (Å²) in [5, 5.41) is 3.92. The van der Waals surface area contributed by atoms with E-state index in [0.29, 0.717) is 30.3 Å². The van der Waals surface area contributed by atoms with Gasteiger partial charge in [-0.2, -0.15) is 0 Å². The molecule has 1 amide bonds. The first-order valence-electron chi connectivity index (χ1n) is 8.80. The summed E-state index contributed by atoms with van der Waals surface area (Å²) < 4.78 is 1.43. The van der Waals surface area contributed by atoms with Crippen molar-refractivity contribution in [1.82, 2.24) is 19.6 Å². The van der Waals surface area contributed by atoms with Gasteiger partial charge in [0.05, 0.1) is 6.04 Å². The van der Waals surface area contributed by atoms with Crippen LogP contribution in [0.5, 0.6) is 0 Å². The molecule has 1 fully saturated rings. The Morgan fingerprint density at radius 1 is 1.30 bits per heavy atom. The second kappa shape index (κ2) is 7.13. The quantitative estimate of drug-likeness (QED) is 0.739. The van der Waals surface area contributed by atoms with E-state index in [9.17, 15) is 9.59 Å². The van der Waals surface area contributed by atoms with Gasteiger partial charge < -0.3 is 10.2 Å². The van der Waals surface area contributed by atoms with Gasteiger partial charge >= 0.3 is 0 Å². The van der Waals surface area contributed by atoms with Crippen LogP contribution in [0.3, 0.4) is 0 Å². The highest BCUT2D eigenvalue weighted by molar-refractivity contribution is 6.30. The third-order valence-electron chi connectivity index (χ3n) is 4.82. The molecule has 1 unspecified atom stereocenters. The lowest BCUT2D eigenvalue weighted by molar-refractivity contribution is 0.0632. The number of hydrogen-bond donors (Lipinski definition) is 1. The third-order valence-corrected chi connectivity index (χ3v) is 5.05. The van der Waals surface area contributed by atoms with E-state index in [2.05, 4.69) is 10.3 Å². The molecular weight excluding hydrogens is 364 g/mol. The van der Waals surface area contributed by atoms with Crippen molar-refractivity contribution in [3.63, 3.8) is 0 Å². The molecule has 0 spiro atoms. The van der Waals surface area contributed by atoms with Gasteiger partial charge in [-0.3, -0.25) is 14.0 Å². The van der Waals surface area contributed by atoms with Crippen LogP contribution in [-0.2, 0) is 0 Å². The summed E-state index contributed by atoms with van der Waals surface area (Å²) in [6.45, 7) is 3.68. The highest BCUT2D eigenvalue weighted by atomic mass is 35.5. The number of amides is 1. The maximum absolute atomic E-state index is 13.2. The number of aromatic nitrogens is 2. The Morgan fingerprint density at radius 3 is 2.96 bits per heavy atom. The zero-order valence-electron chi connectivity index (χ0n) is 14.9. The Kier molecular flexibility index (Phi) is 4.68. The lowest BCUT2D eigenvalue weighted by Crippen LogP contribution is -2.49. The van der Waals surface area contributed by atoms with Crippen LogP contribution in [0.25, 0.3) is 5.65 Å². The van der Waals surface area contributed by atoms with Crippen LogP contribution < -0.4 is 10.9 Å². The van der Waals surface area contributed by atoms with E-state index < -0.39 is 0 Å². The molecule has 1 aliphatic rings. The number of aryl methyl sites for hydroxylation is 1. The number of benzene rings is 1. The van der Waals surface area contributed by atoms with Crippen molar-refractivity contribution in [3.05, 3.63) is 80.9 Å². The van der Waals surface area contributed by atoms with E-state index in [-0.39, 0.29) is 23.1 Å². The van der Waals surface area contributed by atoms with Gasteiger partial charge in [0.25, 0.3) is 11.5 Å². The molecular formula is C20H19ClN4O2. The summed E-state index contributed by atoms with van der Waals surface area (Å²) in [7, 11) is 0. The standard InChI is InChI=1S/C20H19ClN4O2/c1-13-5-6-18-23-10-16(20(27)25(18)12-13)19(26)24-8-7-22-11-17(24)14-3-2-4-15(21)9-14/h2-6,9-10,12,17,22H,7-8,11H2,1H3. The van der Waals surface area contributed by atoms with Gasteiger partial charge in [-0.15, -0.1) is 0 Å². The second-order valence-corrected chi connectivity index (χ2v) is 7.12. The predicted octanol–water partition coefficient (Wildman–Crippen LogP) is 2.44. The zero-order valence-corrected chi connectivity index (χ0v) is 15.6. The maximum Gasteiger partial charge on any atom is 0.270 e. The molecule has 0 saturated carbocycles. The number of piperazine rings is 1. The average molecular weight is 383 g/mol. The number of carbonyl (C=O) groups excluding carboxylic acids is 1. The van der Waals surface area contributed by atoms with Crippen molar-refractivity contribution in [2.45, 2.75) is 13.0 Å². The van der Waals surface area contributed by atoms with Gasteiger partial charge in [0.1, 0.15) is 11.2 Å². The van der Waals surface area contributed by atoms with Crippen molar-refractivity contribution in [3.8, 4) is 0 Å². The summed E-state index contributed by atoms with van der Waals surface area (Å²) in [5.41, 5.74) is 2.11. The van der Waals surface area contributed by atoms with E-state index >= 15 is 0 Å². The van der Waals surface area contributed by atoms with Crippen LogP contribution in [-0.4, -0.2) is 39.8 Å². The van der Waals surface area contributed by atoms with E-state index in [1.165, 1.54) is 10.6 Å². The Bertz CT molecular complexity index is 1080. The Hall–Kier alpha value is -2.70. The van der Waals surface area contributed by atoms with Crippen LogP contribution >= 0.6 is 11.6 Å². The highest BCUT2D eigenvalue weighted by Crippen LogP contribution is 2.25. The van der Waals surface area contributed by atoms with Crippen molar-refractivity contribution in [1.29, 1.82) is 0 Å². The topological polar surface area (TPSA) is 66.7 Å². The average Bonchev–Trinajstić information content (AvgIpc) is 2.68. The first-order chi connectivity index (χ1) is 13.0. The lowest BCUT2D eigenvalue weighted by Gasteiger charge is -2.36. The van der Waals surface area contributed by atoms with Gasteiger partial charge in [-0.1, -0.05) is 29.8 Å². The molecule has 138 valence electrons. The van der Waals surface area contributed by atoms with Crippen LogP contribution in [0, 0.1) is 6.92 Å². The summed E-state index contributed by atoms with van der Waals surface area (Å²) >= 11 is 6.13. The Balaban J connectivity index is 1.75. The number of pyridine rings is 1. The highest BCUT2D eigenvalue weighted by Gasteiger charge is 2.30. The molecule has 2 aromatic heterocycles. The van der Waals surface area contributed by atoms with Crippen molar-refractivity contribution < 1.29 is 4.79 Å². The van der Waals surface area contributed by atoms with Crippen LogP contribution in [0.15, 0.2) is 53.6 Å². The number of carbonyl (C=O) groups is 1. The van der Waals surface area contributed by atoms with Gasteiger partial charge in [-0.25, -0.2) is 4.98 Å². The SMILES string of the molecule is Cc1ccc2ncc(C(=O)N3CCNCC3c3cccc(Cl)c3)c(=O)n2c1. The number of nitrogens with one attached hydrogen (secondary N) is 1. The molecule has 1 aliphatic heterocycles. The van der Waals surface area contributed by atoms with Crippen molar-refractivity contribution >= 4 is 23.2 Å². The molecule has 7 heteroatoms. The fourth-order valence-corrected chi connectivity index (χ4v) is 3.64. The number of halogens is 1. The van der Waals surface area contributed by atoms with E-state index in [1.54, 1.807) is 23.2 Å². The molecule has 6 nitrogen and oxygen atoms in total. The van der Waals surface area contributed by atoms with Crippen LogP contribution in [0.4, 0.5) is 0 Å². The molecule has 27 heavy (non-hydrogen) atoms. The number of hydrogen-bond acceptors (Lipinski definition) is 4. The Morgan fingerprint density at radius 2 is 2.15 bits per heavy atom. The first kappa shape index (κ1) is 17.7. The molecule has 3 aromatic rings. The minimum absolute atomic E-state index is 0.0760. The molecule has 0 aliphatic carbocycles. The maximum atomic E-state index is 13.2. The van der Waals surface area contributed by atoms with Crippen molar-refractivity contribution in [2.75, 3.05) is 19.6 Å². The van der Waals surface area contributed by atoms with E-state index in [0.717, 1.165) is 11.1 Å². The van der Waals surface area contributed by atoms with Gasteiger partial charge in [0, 0.05) is 37.1 Å². The molecule has 0 bridgehead atoms. The van der Waals surface area contributed by atoms with Crippen molar-refractivity contribution in [2.24, 2.45) is 0 Å². The Labute approximate surface area is 161 Å².